The molecule has 0 bridgehead atoms. The maximum atomic E-state index is 10.4. The summed E-state index contributed by atoms with van der Waals surface area (Å²) in [6, 6.07) is 7.83. The molecule has 1 rings (SSSR count). The van der Waals surface area contributed by atoms with E-state index in [1.807, 2.05) is 18.4 Å². The second-order valence-corrected chi connectivity index (χ2v) is 5.68. The number of carbonyl (C=O) groups excluding carboxylic acids is 1. The Balaban J connectivity index is 2.71. The van der Waals surface area contributed by atoms with Gasteiger partial charge in [-0.15, -0.1) is 0 Å². The quantitative estimate of drug-likeness (QED) is 0.685. The van der Waals surface area contributed by atoms with Gasteiger partial charge in [-0.1, -0.05) is 54.6 Å². The molecule has 0 N–H and O–H groups in total. The zero-order valence-electron chi connectivity index (χ0n) is 9.42. The molecule has 1 aromatic rings. The topological polar surface area (TPSA) is 17.1 Å². The fourth-order valence-corrected chi connectivity index (χ4v) is 3.26. The molecule has 15 heavy (non-hydrogen) atoms. The number of hydrogen-bond donors (Lipinski definition) is 0. The van der Waals surface area contributed by atoms with Gasteiger partial charge in [-0.25, -0.2) is 0 Å². The summed E-state index contributed by atoms with van der Waals surface area (Å²) >= 11 is 0. The van der Waals surface area contributed by atoms with E-state index in [1.165, 1.54) is 5.19 Å². The molecular formula is C13H17OSi. The van der Waals surface area contributed by atoms with Crippen LogP contribution in [0.5, 0.6) is 0 Å². The van der Waals surface area contributed by atoms with Gasteiger partial charge < -0.3 is 0 Å². The van der Waals surface area contributed by atoms with Gasteiger partial charge in [0.25, 0.3) is 0 Å². The van der Waals surface area contributed by atoms with Crippen LogP contribution in [-0.4, -0.2) is 15.8 Å². The summed E-state index contributed by atoms with van der Waals surface area (Å²) in [5.41, 5.74) is 0.644. The second-order valence-electron chi connectivity index (χ2n) is 3.60. The summed E-state index contributed by atoms with van der Waals surface area (Å²) in [7, 11) is -0.301. The molecule has 0 saturated carbocycles. The lowest BCUT2D eigenvalue weighted by Crippen LogP contribution is -2.16. The Morgan fingerprint density at radius 2 is 2.00 bits per heavy atom. The summed E-state index contributed by atoms with van der Waals surface area (Å²) in [5, 5.41) is 3.00. The highest BCUT2D eigenvalue weighted by Crippen LogP contribution is 2.01. The Labute approximate surface area is 94.0 Å². The predicted octanol–water partition coefficient (Wildman–Crippen LogP) is 1.64. The van der Waals surface area contributed by atoms with E-state index in [9.17, 15) is 4.79 Å². The lowest BCUT2D eigenvalue weighted by molar-refractivity contribution is 0.563. The average Bonchev–Trinajstić information content (AvgIpc) is 2.29. The monoisotopic (exact) mass is 217 g/mol. The molecule has 0 aliphatic carbocycles. The largest absolute Gasteiger partial charge is 0.285 e. The molecule has 1 aromatic carbocycles. The summed E-state index contributed by atoms with van der Waals surface area (Å²) in [6.07, 6.45) is 6.51. The van der Waals surface area contributed by atoms with E-state index >= 15 is 0 Å². The van der Waals surface area contributed by atoms with Gasteiger partial charge in [-0.3, -0.25) is 4.79 Å². The van der Waals surface area contributed by atoms with Crippen molar-refractivity contribution in [2.45, 2.75) is 26.7 Å². The normalized spacial score (nSPS) is 12.3. The molecule has 0 aliphatic heterocycles. The lowest BCUT2D eigenvalue weighted by atomic mass is 10.2. The molecule has 0 heterocycles. The van der Waals surface area contributed by atoms with Crippen LogP contribution in [0, 0.1) is 0 Å². The minimum absolute atomic E-state index is 0.301. The van der Waals surface area contributed by atoms with Crippen LogP contribution in [0.4, 0.5) is 0 Å². The Morgan fingerprint density at radius 1 is 1.33 bits per heavy atom. The van der Waals surface area contributed by atoms with Crippen molar-refractivity contribution in [1.29, 1.82) is 0 Å². The van der Waals surface area contributed by atoms with E-state index in [4.69, 9.17) is 0 Å². The molecule has 0 saturated heterocycles. The molecule has 0 fully saturated rings. The maximum absolute atomic E-state index is 10.4. The Bertz CT molecular complexity index is 338. The van der Waals surface area contributed by atoms with Crippen molar-refractivity contribution in [2.24, 2.45) is 0 Å². The van der Waals surface area contributed by atoms with Crippen molar-refractivity contribution < 1.29 is 4.79 Å². The molecule has 0 unspecified atom stereocenters. The summed E-state index contributed by atoms with van der Waals surface area (Å²) < 4.78 is 0. The third-order valence-electron chi connectivity index (χ3n) is 2.45. The average molecular weight is 217 g/mol. The van der Waals surface area contributed by atoms with Gasteiger partial charge in [-0.05, 0) is 12.8 Å². The fraction of sp³-hybridized carbons (Fsp3) is 0.308. The van der Waals surface area contributed by atoms with Crippen LogP contribution in [0.15, 0.2) is 35.5 Å². The standard InChI is InChI=1S/C13H17OSi/c1-3-5-12(4-2)15-13-8-6-11(10-14)7-9-13/h5-9H,3-4,15H2,1-2H3/b12-5+. The van der Waals surface area contributed by atoms with Crippen molar-refractivity contribution in [3.8, 4) is 0 Å². The predicted molar refractivity (Wildman–Crippen MR) is 68.1 cm³/mol. The summed E-state index contributed by atoms with van der Waals surface area (Å²) in [4.78, 5) is 10.4. The summed E-state index contributed by atoms with van der Waals surface area (Å²) in [5.74, 6) is 0. The highest BCUT2D eigenvalue weighted by Gasteiger charge is 1.98. The lowest BCUT2D eigenvalue weighted by Gasteiger charge is -2.03. The van der Waals surface area contributed by atoms with Crippen molar-refractivity contribution in [3.63, 3.8) is 0 Å². The zero-order chi connectivity index (χ0) is 11.1. The van der Waals surface area contributed by atoms with E-state index < -0.39 is 0 Å². The molecule has 1 nitrogen and oxygen atoms in total. The maximum Gasteiger partial charge on any atom is 0.233 e. The van der Waals surface area contributed by atoms with E-state index in [0.29, 0.717) is 5.56 Å². The first-order valence-corrected chi connectivity index (χ1v) is 6.86. The SMILES string of the molecule is CC/C=C(\CC)[SiH2]c1ccc([C]=O)cc1. The van der Waals surface area contributed by atoms with Gasteiger partial charge >= 0.3 is 0 Å². The molecule has 0 spiro atoms. The minimum Gasteiger partial charge on any atom is -0.285 e. The molecule has 1 radical (unpaired) electrons. The van der Waals surface area contributed by atoms with Crippen LogP contribution in [0.1, 0.15) is 32.3 Å². The van der Waals surface area contributed by atoms with Gasteiger partial charge in [0.15, 0.2) is 0 Å². The highest BCUT2D eigenvalue weighted by molar-refractivity contribution is 6.60. The molecule has 0 amide bonds. The van der Waals surface area contributed by atoms with Gasteiger partial charge in [-0.2, -0.15) is 0 Å². The smallest absolute Gasteiger partial charge is 0.233 e. The Hall–Kier alpha value is -1.15. The van der Waals surface area contributed by atoms with Gasteiger partial charge in [0.1, 0.15) is 0 Å². The molecule has 0 aromatic heterocycles. The fourth-order valence-electron chi connectivity index (χ4n) is 1.58. The third-order valence-corrected chi connectivity index (χ3v) is 4.57. The van der Waals surface area contributed by atoms with Crippen LogP contribution < -0.4 is 5.19 Å². The Morgan fingerprint density at radius 3 is 2.47 bits per heavy atom. The summed E-state index contributed by atoms with van der Waals surface area (Å²) in [6.45, 7) is 4.39. The first-order valence-electron chi connectivity index (χ1n) is 5.45. The Kier molecular flexibility index (Phi) is 5.05. The highest BCUT2D eigenvalue weighted by atomic mass is 28.2. The third kappa shape index (κ3) is 3.84. The first kappa shape index (κ1) is 11.9. The van der Waals surface area contributed by atoms with Crippen LogP contribution in [0.25, 0.3) is 0 Å². The van der Waals surface area contributed by atoms with E-state index in [1.54, 1.807) is 5.20 Å². The van der Waals surface area contributed by atoms with Crippen LogP contribution >= 0.6 is 0 Å². The van der Waals surface area contributed by atoms with Crippen LogP contribution in [-0.2, 0) is 4.79 Å². The van der Waals surface area contributed by atoms with Crippen LogP contribution in [0.2, 0.25) is 0 Å². The molecule has 0 aliphatic rings. The molecular weight excluding hydrogens is 200 g/mol. The van der Waals surface area contributed by atoms with Gasteiger partial charge in [0.2, 0.25) is 6.29 Å². The number of rotatable bonds is 5. The zero-order valence-corrected chi connectivity index (χ0v) is 10.8. The van der Waals surface area contributed by atoms with Crippen molar-refractivity contribution in [2.75, 3.05) is 0 Å². The molecule has 0 atom stereocenters. The molecule has 2 heteroatoms. The number of allylic oxidation sites excluding steroid dienone is 2. The van der Waals surface area contributed by atoms with E-state index in [-0.39, 0.29) is 9.52 Å². The van der Waals surface area contributed by atoms with E-state index in [0.717, 1.165) is 12.8 Å². The number of hydrogen-bond acceptors (Lipinski definition) is 1. The van der Waals surface area contributed by atoms with Crippen molar-refractivity contribution in [3.05, 3.63) is 41.1 Å². The minimum atomic E-state index is -0.301. The molecule has 79 valence electrons. The van der Waals surface area contributed by atoms with E-state index in [2.05, 4.69) is 32.1 Å². The van der Waals surface area contributed by atoms with Crippen LogP contribution in [0.3, 0.4) is 0 Å². The van der Waals surface area contributed by atoms with Crippen molar-refractivity contribution in [1.82, 2.24) is 0 Å². The van der Waals surface area contributed by atoms with Gasteiger partial charge in [0, 0.05) is 5.56 Å². The van der Waals surface area contributed by atoms with Crippen molar-refractivity contribution >= 4 is 21.0 Å². The first-order chi connectivity index (χ1) is 7.30. The second kappa shape index (κ2) is 6.35. The number of benzene rings is 1. The van der Waals surface area contributed by atoms with Gasteiger partial charge in [0.05, 0.1) is 9.52 Å².